The SMILES string of the molecule is CC(=O)O[C@@H]1O[C@@H](C(F)(F)F)[C@@H](OCc2ccccc2)[C@@H](OCc2ccccc2)[C@H]1F. The first kappa shape index (κ1) is 23.2. The number of esters is 1. The van der Waals surface area contributed by atoms with Crippen molar-refractivity contribution in [2.45, 2.75) is 57.1 Å². The molecule has 1 saturated heterocycles. The topological polar surface area (TPSA) is 54.0 Å². The Morgan fingerprint density at radius 1 is 0.903 bits per heavy atom. The molecule has 2 aromatic carbocycles. The molecule has 5 atom stereocenters. The zero-order valence-corrected chi connectivity index (χ0v) is 16.6. The van der Waals surface area contributed by atoms with Crippen LogP contribution in [0.15, 0.2) is 60.7 Å². The molecular formula is C22H22F4O5. The van der Waals surface area contributed by atoms with Crippen molar-refractivity contribution in [3.05, 3.63) is 71.8 Å². The highest BCUT2D eigenvalue weighted by molar-refractivity contribution is 5.66. The fourth-order valence-corrected chi connectivity index (χ4v) is 3.23. The zero-order chi connectivity index (χ0) is 22.4. The highest BCUT2D eigenvalue weighted by Crippen LogP contribution is 2.38. The van der Waals surface area contributed by atoms with Crippen molar-refractivity contribution in [3.8, 4) is 0 Å². The molecule has 0 saturated carbocycles. The summed E-state index contributed by atoms with van der Waals surface area (Å²) in [6.07, 6.45) is -15.2. The van der Waals surface area contributed by atoms with Gasteiger partial charge in [-0.15, -0.1) is 0 Å². The first-order chi connectivity index (χ1) is 14.8. The molecule has 1 aliphatic heterocycles. The minimum atomic E-state index is -4.91. The van der Waals surface area contributed by atoms with Crippen LogP contribution in [0.2, 0.25) is 0 Å². The van der Waals surface area contributed by atoms with Crippen LogP contribution in [0.1, 0.15) is 18.1 Å². The van der Waals surface area contributed by atoms with Crippen LogP contribution in [0, 0.1) is 0 Å². The molecular weight excluding hydrogens is 420 g/mol. The normalized spacial score (nSPS) is 26.4. The number of carbonyl (C=O) groups excluding carboxylic acids is 1. The smallest absolute Gasteiger partial charge is 0.417 e. The summed E-state index contributed by atoms with van der Waals surface area (Å²) >= 11 is 0. The summed E-state index contributed by atoms with van der Waals surface area (Å²) in [5.41, 5.74) is 1.23. The van der Waals surface area contributed by atoms with E-state index >= 15 is 4.39 Å². The summed E-state index contributed by atoms with van der Waals surface area (Å²) < 4.78 is 76.9. The second kappa shape index (κ2) is 10.2. The van der Waals surface area contributed by atoms with E-state index in [4.69, 9.17) is 14.2 Å². The first-order valence-corrected chi connectivity index (χ1v) is 9.60. The van der Waals surface area contributed by atoms with E-state index in [0.29, 0.717) is 11.1 Å². The Labute approximate surface area is 176 Å². The minimum Gasteiger partial charge on any atom is -0.433 e. The number of hydrogen-bond donors (Lipinski definition) is 0. The van der Waals surface area contributed by atoms with Crippen LogP contribution in [-0.2, 0) is 37.0 Å². The molecule has 9 heteroatoms. The van der Waals surface area contributed by atoms with Gasteiger partial charge in [-0.05, 0) is 11.1 Å². The summed E-state index contributed by atoms with van der Waals surface area (Å²) in [4.78, 5) is 11.3. The van der Waals surface area contributed by atoms with Crippen LogP contribution in [0.5, 0.6) is 0 Å². The predicted molar refractivity (Wildman–Crippen MR) is 101 cm³/mol. The number of ether oxygens (including phenoxy) is 4. The summed E-state index contributed by atoms with van der Waals surface area (Å²) in [5, 5.41) is 0. The number of carbonyl (C=O) groups is 1. The molecule has 0 bridgehead atoms. The maximum atomic E-state index is 15.1. The van der Waals surface area contributed by atoms with Crippen molar-refractivity contribution in [2.75, 3.05) is 0 Å². The average molecular weight is 442 g/mol. The maximum Gasteiger partial charge on any atom is 0.417 e. The standard InChI is InChI=1S/C22H22F4O5/c1-14(27)30-21-17(23)18(28-12-15-8-4-2-5-9-15)19(20(31-21)22(24,25)26)29-13-16-10-6-3-7-11-16/h2-11,17-21H,12-13H2,1H3/t17-,18+,19+,20-,21-/m1/s1. The van der Waals surface area contributed by atoms with Crippen molar-refractivity contribution in [1.29, 1.82) is 0 Å². The van der Waals surface area contributed by atoms with Gasteiger partial charge in [0.05, 0.1) is 13.2 Å². The Morgan fingerprint density at radius 3 is 1.84 bits per heavy atom. The van der Waals surface area contributed by atoms with Crippen molar-refractivity contribution in [1.82, 2.24) is 0 Å². The largest absolute Gasteiger partial charge is 0.433 e. The van der Waals surface area contributed by atoms with E-state index in [9.17, 15) is 18.0 Å². The molecule has 0 N–H and O–H groups in total. The van der Waals surface area contributed by atoms with E-state index in [2.05, 4.69) is 4.74 Å². The van der Waals surface area contributed by atoms with Crippen molar-refractivity contribution < 1.29 is 41.3 Å². The number of halogens is 4. The van der Waals surface area contributed by atoms with E-state index in [1.54, 1.807) is 60.7 Å². The number of rotatable bonds is 7. The van der Waals surface area contributed by atoms with E-state index < -0.39 is 42.9 Å². The number of benzene rings is 2. The molecule has 0 spiro atoms. The van der Waals surface area contributed by atoms with Gasteiger partial charge in [-0.25, -0.2) is 4.39 Å². The monoisotopic (exact) mass is 442 g/mol. The average Bonchev–Trinajstić information content (AvgIpc) is 2.73. The van der Waals surface area contributed by atoms with Crippen molar-refractivity contribution >= 4 is 5.97 Å². The Hall–Kier alpha value is -2.49. The quantitative estimate of drug-likeness (QED) is 0.472. The first-order valence-electron chi connectivity index (χ1n) is 9.60. The summed E-state index contributed by atoms with van der Waals surface area (Å²) in [6.45, 7) is 0.586. The van der Waals surface area contributed by atoms with E-state index in [-0.39, 0.29) is 13.2 Å². The van der Waals surface area contributed by atoms with Crippen LogP contribution in [-0.4, -0.2) is 42.9 Å². The molecule has 5 nitrogen and oxygen atoms in total. The summed E-state index contributed by atoms with van der Waals surface area (Å²) in [6, 6.07) is 17.1. The molecule has 168 valence electrons. The highest BCUT2D eigenvalue weighted by Gasteiger charge is 2.58. The van der Waals surface area contributed by atoms with E-state index in [1.807, 2.05) is 0 Å². The molecule has 0 unspecified atom stereocenters. The third kappa shape index (κ3) is 6.25. The maximum absolute atomic E-state index is 15.1. The summed E-state index contributed by atoms with van der Waals surface area (Å²) in [7, 11) is 0. The Morgan fingerprint density at radius 2 is 1.39 bits per heavy atom. The molecule has 1 fully saturated rings. The van der Waals surface area contributed by atoms with Gasteiger partial charge in [0.15, 0.2) is 12.3 Å². The van der Waals surface area contributed by atoms with Crippen LogP contribution in [0.25, 0.3) is 0 Å². The second-order valence-electron chi connectivity index (χ2n) is 7.04. The Balaban J connectivity index is 1.85. The van der Waals surface area contributed by atoms with E-state index in [1.165, 1.54) is 0 Å². The molecule has 1 aliphatic rings. The Bertz CT molecular complexity index is 831. The van der Waals surface area contributed by atoms with Crippen LogP contribution in [0.4, 0.5) is 17.6 Å². The molecule has 0 radical (unpaired) electrons. The minimum absolute atomic E-state index is 0.158. The molecule has 1 heterocycles. The lowest BCUT2D eigenvalue weighted by Gasteiger charge is -2.43. The third-order valence-corrected chi connectivity index (χ3v) is 4.65. The Kier molecular flexibility index (Phi) is 7.64. The van der Waals surface area contributed by atoms with Crippen molar-refractivity contribution in [2.24, 2.45) is 0 Å². The van der Waals surface area contributed by atoms with Crippen LogP contribution < -0.4 is 0 Å². The molecule has 3 rings (SSSR count). The molecule has 0 aromatic heterocycles. The van der Waals surface area contributed by atoms with Gasteiger partial charge in [-0.2, -0.15) is 13.2 Å². The van der Waals surface area contributed by atoms with Gasteiger partial charge in [-0.1, -0.05) is 60.7 Å². The zero-order valence-electron chi connectivity index (χ0n) is 16.6. The molecule has 2 aromatic rings. The van der Waals surface area contributed by atoms with Gasteiger partial charge < -0.3 is 18.9 Å². The van der Waals surface area contributed by atoms with Gasteiger partial charge in [0.2, 0.25) is 6.29 Å². The lowest BCUT2D eigenvalue weighted by Crippen LogP contribution is -2.62. The lowest BCUT2D eigenvalue weighted by molar-refractivity contribution is -0.350. The third-order valence-electron chi connectivity index (χ3n) is 4.65. The predicted octanol–water partition coefficient (Wildman–Crippen LogP) is 4.35. The van der Waals surface area contributed by atoms with Gasteiger partial charge >= 0.3 is 12.1 Å². The fraction of sp³-hybridized carbons (Fsp3) is 0.409. The number of hydrogen-bond acceptors (Lipinski definition) is 5. The molecule has 0 aliphatic carbocycles. The lowest BCUT2D eigenvalue weighted by atomic mass is 9.98. The fourth-order valence-electron chi connectivity index (χ4n) is 3.23. The van der Waals surface area contributed by atoms with Crippen LogP contribution >= 0.6 is 0 Å². The van der Waals surface area contributed by atoms with Gasteiger partial charge in [0.1, 0.15) is 12.2 Å². The van der Waals surface area contributed by atoms with Gasteiger partial charge in [0.25, 0.3) is 0 Å². The molecule has 31 heavy (non-hydrogen) atoms. The summed E-state index contributed by atoms with van der Waals surface area (Å²) in [5.74, 6) is -0.973. The number of alkyl halides is 4. The van der Waals surface area contributed by atoms with Crippen LogP contribution in [0.3, 0.4) is 0 Å². The molecule has 0 amide bonds. The van der Waals surface area contributed by atoms with Gasteiger partial charge in [0, 0.05) is 6.92 Å². The van der Waals surface area contributed by atoms with E-state index in [0.717, 1.165) is 6.92 Å². The van der Waals surface area contributed by atoms with Crippen molar-refractivity contribution in [3.63, 3.8) is 0 Å². The highest BCUT2D eigenvalue weighted by atomic mass is 19.4. The second-order valence-corrected chi connectivity index (χ2v) is 7.04. The van der Waals surface area contributed by atoms with Gasteiger partial charge in [-0.3, -0.25) is 4.79 Å².